The summed E-state index contributed by atoms with van der Waals surface area (Å²) in [7, 11) is 5.70. The number of ether oxygens (including phenoxy) is 2. The van der Waals surface area contributed by atoms with Crippen LogP contribution < -0.4 is 15.0 Å². The highest BCUT2D eigenvalue weighted by molar-refractivity contribution is 5.98. The number of amides is 3. The van der Waals surface area contributed by atoms with Gasteiger partial charge >= 0.3 is 6.03 Å². The zero-order valence-electron chi connectivity index (χ0n) is 25.5. The monoisotopic (exact) mass is 560 g/mol. The van der Waals surface area contributed by atoms with Gasteiger partial charge in [0.25, 0.3) is 5.91 Å². The average Bonchev–Trinajstić information content (AvgIpc) is 2.94. The molecular formula is C31H52N4O5. The second kappa shape index (κ2) is 15.5. The van der Waals surface area contributed by atoms with Crippen molar-refractivity contribution >= 4 is 17.6 Å². The highest BCUT2D eigenvalue weighted by atomic mass is 16.5. The number of fused-ring (bicyclic) bond motifs is 1. The molecule has 1 saturated carbocycles. The van der Waals surface area contributed by atoms with Crippen LogP contribution in [-0.4, -0.2) is 98.6 Å². The fraction of sp³-hybridized carbons (Fsp3) is 0.742. The molecular weight excluding hydrogens is 508 g/mol. The van der Waals surface area contributed by atoms with E-state index in [2.05, 4.69) is 12.2 Å². The van der Waals surface area contributed by atoms with E-state index in [1.54, 1.807) is 9.80 Å². The highest BCUT2D eigenvalue weighted by Crippen LogP contribution is 2.29. The van der Waals surface area contributed by atoms with E-state index >= 15 is 0 Å². The molecule has 1 heterocycles. The van der Waals surface area contributed by atoms with Gasteiger partial charge in [0.15, 0.2) is 0 Å². The van der Waals surface area contributed by atoms with Crippen molar-refractivity contribution < 1.29 is 24.2 Å². The first-order valence-electron chi connectivity index (χ1n) is 15.1. The minimum Gasteiger partial charge on any atom is -0.490 e. The number of carbonyl (C=O) groups is 2. The largest absolute Gasteiger partial charge is 0.490 e. The number of likely N-dealkylation sites (N-methyl/N-ethyl adjacent to an activating group) is 1. The lowest BCUT2D eigenvalue weighted by molar-refractivity contribution is -0.0123. The zero-order chi connectivity index (χ0) is 29.2. The minimum atomic E-state index is -0.399. The van der Waals surface area contributed by atoms with Crippen molar-refractivity contribution in [2.75, 3.05) is 52.3 Å². The first-order chi connectivity index (χ1) is 19.1. The number of nitrogens with zero attached hydrogens (tertiary/aromatic N) is 3. The maximum Gasteiger partial charge on any atom is 0.317 e. The van der Waals surface area contributed by atoms with Crippen molar-refractivity contribution in [2.24, 2.45) is 5.92 Å². The van der Waals surface area contributed by atoms with Crippen LogP contribution in [0.3, 0.4) is 0 Å². The zero-order valence-corrected chi connectivity index (χ0v) is 25.5. The molecule has 0 unspecified atom stereocenters. The summed E-state index contributed by atoms with van der Waals surface area (Å²) >= 11 is 0. The molecule has 2 aliphatic rings. The van der Waals surface area contributed by atoms with Crippen molar-refractivity contribution in [3.8, 4) is 5.75 Å². The molecule has 3 amide bonds. The number of carbonyl (C=O) groups excluding carboxylic acids is 2. The molecule has 0 radical (unpaired) electrons. The molecule has 9 nitrogen and oxygen atoms in total. The lowest BCUT2D eigenvalue weighted by atomic mass is 9.96. The topological polar surface area (TPSA) is 94.6 Å². The van der Waals surface area contributed by atoms with Gasteiger partial charge in [-0.3, -0.25) is 4.79 Å². The number of anilines is 1. The Morgan fingerprint density at radius 2 is 1.80 bits per heavy atom. The summed E-state index contributed by atoms with van der Waals surface area (Å²) < 4.78 is 12.7. The highest BCUT2D eigenvalue weighted by Gasteiger charge is 2.31. The van der Waals surface area contributed by atoms with Crippen LogP contribution in [-0.2, 0) is 4.74 Å². The molecule has 9 heteroatoms. The van der Waals surface area contributed by atoms with Crippen LogP contribution in [0.1, 0.15) is 82.5 Å². The van der Waals surface area contributed by atoms with Crippen molar-refractivity contribution in [1.29, 1.82) is 0 Å². The predicted octanol–water partition coefficient (Wildman–Crippen LogP) is 4.52. The number of nitrogens with one attached hydrogen (secondary N) is 1. The first kappa shape index (κ1) is 32.0. The fourth-order valence-corrected chi connectivity index (χ4v) is 5.54. The van der Waals surface area contributed by atoms with Gasteiger partial charge in [-0.15, -0.1) is 0 Å². The van der Waals surface area contributed by atoms with Crippen LogP contribution in [0.4, 0.5) is 10.5 Å². The molecule has 0 spiro atoms. The van der Waals surface area contributed by atoms with Crippen LogP contribution >= 0.6 is 0 Å². The first-order valence-corrected chi connectivity index (χ1v) is 15.1. The van der Waals surface area contributed by atoms with Gasteiger partial charge in [0.1, 0.15) is 5.75 Å². The number of urea groups is 1. The lowest BCUT2D eigenvalue weighted by Crippen LogP contribution is -2.50. The predicted molar refractivity (Wildman–Crippen MR) is 159 cm³/mol. The SMILES string of the molecule is C[C@@H]1CN([C@H](C)CO)C(=O)c2cc(N(C)C)ccc2O[C@@H](C)CCCCO[C@H]1CN(C)C(=O)NC1CCCCC1. The number of rotatable bonds is 6. The summed E-state index contributed by atoms with van der Waals surface area (Å²) in [4.78, 5) is 32.5. The number of aliphatic hydroxyl groups is 1. The van der Waals surface area contributed by atoms with Crippen LogP contribution in [0.25, 0.3) is 0 Å². The molecule has 1 aromatic carbocycles. The molecule has 1 aromatic rings. The Labute approximate surface area is 241 Å². The van der Waals surface area contributed by atoms with Gasteiger partial charge in [0.2, 0.25) is 0 Å². The van der Waals surface area contributed by atoms with E-state index in [-0.39, 0.29) is 42.7 Å². The molecule has 0 aromatic heterocycles. The maximum atomic E-state index is 14.1. The smallest absolute Gasteiger partial charge is 0.317 e. The number of hydrogen-bond donors (Lipinski definition) is 2. The van der Waals surface area contributed by atoms with Crippen LogP contribution in [0.2, 0.25) is 0 Å². The van der Waals surface area contributed by atoms with Gasteiger partial charge < -0.3 is 34.6 Å². The Hall–Kier alpha value is -2.52. The van der Waals surface area contributed by atoms with Gasteiger partial charge in [-0.25, -0.2) is 4.79 Å². The number of aliphatic hydroxyl groups excluding tert-OH is 1. The Morgan fingerprint density at radius 1 is 1.10 bits per heavy atom. The summed E-state index contributed by atoms with van der Waals surface area (Å²) in [5.41, 5.74) is 1.39. The van der Waals surface area contributed by atoms with Crippen molar-refractivity contribution in [1.82, 2.24) is 15.1 Å². The van der Waals surface area contributed by atoms with Crippen LogP contribution in [0.5, 0.6) is 5.75 Å². The summed E-state index contributed by atoms with van der Waals surface area (Å²) in [5, 5.41) is 13.3. The van der Waals surface area contributed by atoms with E-state index in [0.29, 0.717) is 31.0 Å². The average molecular weight is 561 g/mol. The van der Waals surface area contributed by atoms with E-state index in [0.717, 1.165) is 50.6 Å². The Bertz CT molecular complexity index is 952. The molecule has 0 saturated heterocycles. The maximum absolute atomic E-state index is 14.1. The van der Waals surface area contributed by atoms with Gasteiger partial charge in [-0.1, -0.05) is 26.2 Å². The van der Waals surface area contributed by atoms with Crippen LogP contribution in [0.15, 0.2) is 18.2 Å². The summed E-state index contributed by atoms with van der Waals surface area (Å²) in [5.74, 6) is 0.305. The normalized spacial score (nSPS) is 24.3. The van der Waals surface area contributed by atoms with Gasteiger partial charge in [-0.2, -0.15) is 0 Å². The number of hydrogen-bond acceptors (Lipinski definition) is 6. The van der Waals surface area contributed by atoms with Crippen molar-refractivity contribution in [3.63, 3.8) is 0 Å². The molecule has 226 valence electrons. The van der Waals surface area contributed by atoms with E-state index in [4.69, 9.17) is 9.47 Å². The Kier molecular flexibility index (Phi) is 12.4. The molecule has 0 bridgehead atoms. The minimum absolute atomic E-state index is 0.0623. The third kappa shape index (κ3) is 8.99. The molecule has 1 fully saturated rings. The van der Waals surface area contributed by atoms with Gasteiger partial charge in [0, 0.05) is 58.5 Å². The molecule has 2 N–H and O–H groups in total. The van der Waals surface area contributed by atoms with Gasteiger partial charge in [0.05, 0.1) is 30.4 Å². The Balaban J connectivity index is 1.85. The van der Waals surface area contributed by atoms with Crippen LogP contribution in [0, 0.1) is 5.92 Å². The molecule has 3 rings (SSSR count). The quantitative estimate of drug-likeness (QED) is 0.531. The third-order valence-electron chi connectivity index (χ3n) is 8.28. The number of benzene rings is 1. The summed E-state index contributed by atoms with van der Waals surface area (Å²) in [6, 6.07) is 5.47. The van der Waals surface area contributed by atoms with E-state index in [1.807, 2.05) is 58.1 Å². The molecule has 40 heavy (non-hydrogen) atoms. The second-order valence-electron chi connectivity index (χ2n) is 12.0. The van der Waals surface area contributed by atoms with Crippen molar-refractivity contribution in [2.45, 2.75) is 96.4 Å². The standard InChI is InChI=1S/C31H52N4O5/c1-22-19-35(23(2)21-36)30(37)27-18-26(33(4)5)15-16-28(27)40-24(3)12-10-11-17-39-29(22)20-34(6)31(38)32-25-13-8-7-9-14-25/h15-16,18,22-25,29,36H,7-14,17,19-21H2,1-6H3,(H,32,38)/t22-,23-,24+,29+/m1/s1. The Morgan fingerprint density at radius 3 is 2.48 bits per heavy atom. The molecule has 1 aliphatic carbocycles. The third-order valence-corrected chi connectivity index (χ3v) is 8.28. The van der Waals surface area contributed by atoms with E-state index in [9.17, 15) is 14.7 Å². The fourth-order valence-electron chi connectivity index (χ4n) is 5.54. The van der Waals surface area contributed by atoms with Gasteiger partial charge in [-0.05, 0) is 64.2 Å². The lowest BCUT2D eigenvalue weighted by Gasteiger charge is -2.36. The molecule has 4 atom stereocenters. The van der Waals surface area contributed by atoms with Crippen molar-refractivity contribution in [3.05, 3.63) is 23.8 Å². The summed E-state index contributed by atoms with van der Waals surface area (Å²) in [6.07, 6.45) is 7.97. The summed E-state index contributed by atoms with van der Waals surface area (Å²) in [6.45, 7) is 7.16. The molecule has 1 aliphatic heterocycles. The second-order valence-corrected chi connectivity index (χ2v) is 12.0. The van der Waals surface area contributed by atoms with E-state index < -0.39 is 6.04 Å². The van der Waals surface area contributed by atoms with E-state index in [1.165, 1.54) is 6.42 Å².